The first-order chi connectivity index (χ1) is 9.60. The number of piperidine rings is 1. The van der Waals surface area contributed by atoms with Crippen LogP contribution in [0.15, 0.2) is 29.2 Å². The van der Waals surface area contributed by atoms with E-state index in [1.807, 2.05) is 4.90 Å². The second-order valence-electron chi connectivity index (χ2n) is 5.31. The van der Waals surface area contributed by atoms with Crippen molar-refractivity contribution < 1.29 is 4.79 Å². The molecule has 1 heterocycles. The van der Waals surface area contributed by atoms with E-state index in [9.17, 15) is 4.79 Å². The van der Waals surface area contributed by atoms with Gasteiger partial charge in [0.05, 0.1) is 0 Å². The summed E-state index contributed by atoms with van der Waals surface area (Å²) in [5.41, 5.74) is 1.18. The van der Waals surface area contributed by atoms with Gasteiger partial charge in [0, 0.05) is 43.8 Å². The molecule has 0 atom stereocenters. The van der Waals surface area contributed by atoms with Crippen molar-refractivity contribution in [3.63, 3.8) is 0 Å². The number of thioether (sulfide) groups is 1. The smallest absolute Gasteiger partial charge is 0.319 e. The number of anilines is 1. The van der Waals surface area contributed by atoms with Gasteiger partial charge in [-0.05, 0) is 37.3 Å². The fourth-order valence-electron chi connectivity index (χ4n) is 2.45. The van der Waals surface area contributed by atoms with E-state index in [0.717, 1.165) is 25.9 Å². The van der Waals surface area contributed by atoms with Gasteiger partial charge in [0.25, 0.3) is 0 Å². The molecule has 0 aromatic heterocycles. The number of nitrogens with zero attached hydrogens (tertiary/aromatic N) is 2. The molecular formula is C15H23N3OS. The van der Waals surface area contributed by atoms with Crippen LogP contribution >= 0.6 is 11.8 Å². The molecule has 2 rings (SSSR count). The van der Waals surface area contributed by atoms with Gasteiger partial charge in [0.15, 0.2) is 0 Å². The SMILES string of the molecule is CSc1cccc(NC2CCN(C(=O)N(C)C)CC2)c1. The molecular weight excluding hydrogens is 270 g/mol. The minimum atomic E-state index is 0.118. The Hall–Kier alpha value is -1.36. The number of nitrogens with one attached hydrogen (secondary N) is 1. The third-order valence-corrected chi connectivity index (χ3v) is 4.31. The van der Waals surface area contributed by atoms with Crippen molar-refractivity contribution in [2.75, 3.05) is 38.8 Å². The highest BCUT2D eigenvalue weighted by molar-refractivity contribution is 7.98. The van der Waals surface area contributed by atoms with Crippen LogP contribution in [0, 0.1) is 0 Å². The van der Waals surface area contributed by atoms with Crippen LogP contribution in [-0.4, -0.2) is 55.3 Å². The third kappa shape index (κ3) is 3.82. The molecule has 0 bridgehead atoms. The van der Waals surface area contributed by atoms with Gasteiger partial charge in [-0.1, -0.05) is 6.07 Å². The molecule has 110 valence electrons. The lowest BCUT2D eigenvalue weighted by Gasteiger charge is -2.34. The van der Waals surface area contributed by atoms with E-state index >= 15 is 0 Å². The maximum Gasteiger partial charge on any atom is 0.319 e. The van der Waals surface area contributed by atoms with Crippen LogP contribution in [0.1, 0.15) is 12.8 Å². The number of likely N-dealkylation sites (tertiary alicyclic amines) is 1. The van der Waals surface area contributed by atoms with Gasteiger partial charge in [-0.2, -0.15) is 0 Å². The Bertz CT molecular complexity index is 456. The number of carbonyl (C=O) groups excluding carboxylic acids is 1. The van der Waals surface area contributed by atoms with E-state index in [-0.39, 0.29) is 6.03 Å². The van der Waals surface area contributed by atoms with E-state index in [2.05, 4.69) is 35.8 Å². The second-order valence-corrected chi connectivity index (χ2v) is 6.19. The number of rotatable bonds is 3. The van der Waals surface area contributed by atoms with Gasteiger partial charge in [0.2, 0.25) is 0 Å². The summed E-state index contributed by atoms with van der Waals surface area (Å²) in [6.07, 6.45) is 4.09. The normalized spacial score (nSPS) is 16.1. The molecule has 1 aromatic rings. The van der Waals surface area contributed by atoms with Crippen molar-refractivity contribution in [2.24, 2.45) is 0 Å². The maximum absolute atomic E-state index is 11.9. The van der Waals surface area contributed by atoms with Crippen molar-refractivity contribution in [1.82, 2.24) is 9.80 Å². The van der Waals surface area contributed by atoms with Crippen molar-refractivity contribution in [3.05, 3.63) is 24.3 Å². The van der Waals surface area contributed by atoms with Crippen LogP contribution in [0.4, 0.5) is 10.5 Å². The molecule has 1 aliphatic rings. The van der Waals surface area contributed by atoms with Gasteiger partial charge in [-0.25, -0.2) is 4.79 Å². The highest BCUT2D eigenvalue weighted by atomic mass is 32.2. The first-order valence-corrected chi connectivity index (χ1v) is 8.19. The topological polar surface area (TPSA) is 35.6 Å². The first kappa shape index (κ1) is 15.0. The number of hydrogen-bond donors (Lipinski definition) is 1. The molecule has 20 heavy (non-hydrogen) atoms. The first-order valence-electron chi connectivity index (χ1n) is 6.97. The molecule has 5 heteroatoms. The third-order valence-electron chi connectivity index (χ3n) is 3.59. The Labute approximate surface area is 125 Å². The zero-order valence-electron chi connectivity index (χ0n) is 12.4. The van der Waals surface area contributed by atoms with Crippen LogP contribution in [0.2, 0.25) is 0 Å². The quantitative estimate of drug-likeness (QED) is 0.870. The Morgan fingerprint density at radius 2 is 2.05 bits per heavy atom. The average molecular weight is 293 g/mol. The molecule has 0 radical (unpaired) electrons. The number of benzene rings is 1. The van der Waals surface area contributed by atoms with Crippen LogP contribution < -0.4 is 5.32 Å². The van der Waals surface area contributed by atoms with Crippen molar-refractivity contribution in [3.8, 4) is 0 Å². The van der Waals surface area contributed by atoms with E-state index < -0.39 is 0 Å². The van der Waals surface area contributed by atoms with Crippen LogP contribution in [0.25, 0.3) is 0 Å². The van der Waals surface area contributed by atoms with Crippen molar-refractivity contribution in [1.29, 1.82) is 0 Å². The summed E-state index contributed by atoms with van der Waals surface area (Å²) in [4.78, 5) is 16.7. The summed E-state index contributed by atoms with van der Waals surface area (Å²) >= 11 is 1.75. The number of hydrogen-bond acceptors (Lipinski definition) is 3. The molecule has 1 aromatic carbocycles. The molecule has 0 aliphatic carbocycles. The van der Waals surface area contributed by atoms with Crippen LogP contribution in [-0.2, 0) is 0 Å². The van der Waals surface area contributed by atoms with Gasteiger partial charge in [-0.15, -0.1) is 11.8 Å². The Morgan fingerprint density at radius 3 is 2.65 bits per heavy atom. The second kappa shape index (κ2) is 6.88. The monoisotopic (exact) mass is 293 g/mol. The number of urea groups is 1. The highest BCUT2D eigenvalue weighted by Gasteiger charge is 2.23. The average Bonchev–Trinajstić information content (AvgIpc) is 2.47. The highest BCUT2D eigenvalue weighted by Crippen LogP contribution is 2.22. The van der Waals surface area contributed by atoms with Crippen molar-refractivity contribution >= 4 is 23.5 Å². The van der Waals surface area contributed by atoms with Crippen LogP contribution in [0.3, 0.4) is 0 Å². The van der Waals surface area contributed by atoms with E-state index in [4.69, 9.17) is 0 Å². The van der Waals surface area contributed by atoms with Gasteiger partial charge in [-0.3, -0.25) is 0 Å². The van der Waals surface area contributed by atoms with E-state index in [0.29, 0.717) is 6.04 Å². The summed E-state index contributed by atoms with van der Waals surface area (Å²) in [5, 5.41) is 3.58. The lowest BCUT2D eigenvalue weighted by molar-refractivity contribution is 0.158. The van der Waals surface area contributed by atoms with Gasteiger partial charge in [0.1, 0.15) is 0 Å². The lowest BCUT2D eigenvalue weighted by Crippen LogP contribution is -2.46. The lowest BCUT2D eigenvalue weighted by atomic mass is 10.0. The Kier molecular flexibility index (Phi) is 5.17. The summed E-state index contributed by atoms with van der Waals surface area (Å²) in [5.74, 6) is 0. The zero-order valence-corrected chi connectivity index (χ0v) is 13.2. The fourth-order valence-corrected chi connectivity index (χ4v) is 2.91. The van der Waals surface area contributed by atoms with Gasteiger partial charge < -0.3 is 15.1 Å². The predicted octanol–water partition coefficient (Wildman–Crippen LogP) is 2.97. The molecule has 0 unspecified atom stereocenters. The molecule has 1 aliphatic heterocycles. The minimum Gasteiger partial charge on any atom is -0.382 e. The molecule has 1 fully saturated rings. The molecule has 0 saturated carbocycles. The fraction of sp³-hybridized carbons (Fsp3) is 0.533. The number of carbonyl (C=O) groups is 1. The standard InChI is InChI=1S/C15H23N3OS/c1-17(2)15(19)18-9-7-12(8-10-18)16-13-5-4-6-14(11-13)20-3/h4-6,11-12,16H,7-10H2,1-3H3. The molecule has 2 amide bonds. The van der Waals surface area contributed by atoms with E-state index in [1.165, 1.54) is 10.6 Å². The maximum atomic E-state index is 11.9. The summed E-state index contributed by atoms with van der Waals surface area (Å²) in [7, 11) is 3.61. The van der Waals surface area contributed by atoms with Gasteiger partial charge >= 0.3 is 6.03 Å². The van der Waals surface area contributed by atoms with Crippen LogP contribution in [0.5, 0.6) is 0 Å². The van der Waals surface area contributed by atoms with Crippen molar-refractivity contribution in [2.45, 2.75) is 23.8 Å². The summed E-state index contributed by atoms with van der Waals surface area (Å²) in [6, 6.07) is 9.07. The molecule has 4 nitrogen and oxygen atoms in total. The Morgan fingerprint density at radius 1 is 1.35 bits per heavy atom. The minimum absolute atomic E-state index is 0.118. The Balaban J connectivity index is 1.86. The molecule has 1 N–H and O–H groups in total. The number of amides is 2. The predicted molar refractivity (Wildman–Crippen MR) is 85.5 cm³/mol. The summed E-state index contributed by atoms with van der Waals surface area (Å²) < 4.78 is 0. The molecule has 1 saturated heterocycles. The molecule has 0 spiro atoms. The van der Waals surface area contributed by atoms with E-state index in [1.54, 1.807) is 30.8 Å². The largest absolute Gasteiger partial charge is 0.382 e. The zero-order chi connectivity index (χ0) is 14.5. The summed E-state index contributed by atoms with van der Waals surface area (Å²) in [6.45, 7) is 1.66.